The Labute approximate surface area is 156 Å². The first-order valence-corrected chi connectivity index (χ1v) is 8.53. The van der Waals surface area contributed by atoms with Crippen molar-refractivity contribution in [3.63, 3.8) is 0 Å². The summed E-state index contributed by atoms with van der Waals surface area (Å²) in [4.78, 5) is 3.98. The lowest BCUT2D eigenvalue weighted by Gasteiger charge is -2.09. The minimum Gasteiger partial charge on any atom is -0.496 e. The zero-order valence-electron chi connectivity index (χ0n) is 14.8. The van der Waals surface area contributed by atoms with Crippen LogP contribution >= 0.6 is 0 Å². The molecule has 2 aromatic heterocycles. The SMILES string of the molecule is COc1ccccc1-c1ccc(CNc2nnc(-c3ccncc3)o2)cc1. The third-order valence-electron chi connectivity index (χ3n) is 4.17. The number of hydrogen-bond donors (Lipinski definition) is 1. The van der Waals surface area contributed by atoms with Crippen molar-refractivity contribution >= 4 is 6.01 Å². The average Bonchev–Trinajstić information content (AvgIpc) is 3.22. The number of para-hydroxylation sites is 1. The molecule has 4 rings (SSSR count). The summed E-state index contributed by atoms with van der Waals surface area (Å²) in [5, 5.41) is 11.2. The van der Waals surface area contributed by atoms with Crippen LogP contribution in [0.3, 0.4) is 0 Å². The van der Waals surface area contributed by atoms with Gasteiger partial charge in [-0.05, 0) is 29.3 Å². The molecule has 6 heteroatoms. The molecule has 2 aromatic carbocycles. The van der Waals surface area contributed by atoms with Crippen LogP contribution in [0.4, 0.5) is 6.01 Å². The van der Waals surface area contributed by atoms with Gasteiger partial charge in [-0.15, -0.1) is 5.10 Å². The zero-order valence-corrected chi connectivity index (χ0v) is 14.8. The fourth-order valence-electron chi connectivity index (χ4n) is 2.77. The molecule has 0 amide bonds. The Balaban J connectivity index is 1.43. The molecule has 0 aliphatic rings. The van der Waals surface area contributed by atoms with Crippen LogP contribution in [-0.2, 0) is 6.54 Å². The molecule has 4 aromatic rings. The smallest absolute Gasteiger partial charge is 0.316 e. The van der Waals surface area contributed by atoms with E-state index in [9.17, 15) is 0 Å². The number of ether oxygens (including phenoxy) is 1. The van der Waals surface area contributed by atoms with Crippen molar-refractivity contribution in [2.75, 3.05) is 12.4 Å². The molecule has 1 N–H and O–H groups in total. The van der Waals surface area contributed by atoms with Gasteiger partial charge in [0.15, 0.2) is 0 Å². The van der Waals surface area contributed by atoms with Gasteiger partial charge in [0.2, 0.25) is 5.89 Å². The average molecular weight is 358 g/mol. The number of methoxy groups -OCH3 is 1. The quantitative estimate of drug-likeness (QED) is 0.550. The van der Waals surface area contributed by atoms with E-state index in [0.717, 1.165) is 28.0 Å². The van der Waals surface area contributed by atoms with Gasteiger partial charge in [-0.3, -0.25) is 4.98 Å². The normalized spacial score (nSPS) is 10.6. The zero-order chi connectivity index (χ0) is 18.5. The molecular formula is C21H18N4O2. The first kappa shape index (κ1) is 16.8. The van der Waals surface area contributed by atoms with Gasteiger partial charge in [-0.1, -0.05) is 47.6 Å². The summed E-state index contributed by atoms with van der Waals surface area (Å²) in [7, 11) is 1.68. The first-order valence-electron chi connectivity index (χ1n) is 8.53. The standard InChI is InChI=1S/C21H18N4O2/c1-26-19-5-3-2-4-18(19)16-8-6-15(7-9-16)14-23-21-25-24-20(27-21)17-10-12-22-13-11-17/h2-13H,14H2,1H3,(H,23,25). The lowest BCUT2D eigenvalue weighted by Crippen LogP contribution is -1.99. The highest BCUT2D eigenvalue weighted by atomic mass is 16.5. The monoisotopic (exact) mass is 358 g/mol. The summed E-state index contributed by atoms with van der Waals surface area (Å²) in [6.45, 7) is 0.587. The van der Waals surface area contributed by atoms with Gasteiger partial charge in [-0.2, -0.15) is 0 Å². The highest BCUT2D eigenvalue weighted by Crippen LogP contribution is 2.29. The van der Waals surface area contributed by atoms with Crippen molar-refractivity contribution in [1.29, 1.82) is 0 Å². The molecule has 0 spiro atoms. The van der Waals surface area contributed by atoms with Crippen LogP contribution in [0, 0.1) is 0 Å². The Bertz CT molecular complexity index is 1010. The molecule has 0 saturated carbocycles. The van der Waals surface area contributed by atoms with Crippen LogP contribution in [0.15, 0.2) is 77.5 Å². The van der Waals surface area contributed by atoms with Crippen LogP contribution in [0.1, 0.15) is 5.56 Å². The molecule has 0 aliphatic heterocycles. The number of nitrogens with one attached hydrogen (secondary N) is 1. The minimum atomic E-state index is 0.385. The maximum Gasteiger partial charge on any atom is 0.316 e. The molecule has 0 atom stereocenters. The van der Waals surface area contributed by atoms with Gasteiger partial charge in [0.25, 0.3) is 0 Å². The van der Waals surface area contributed by atoms with Crippen molar-refractivity contribution in [2.24, 2.45) is 0 Å². The van der Waals surface area contributed by atoms with E-state index in [0.29, 0.717) is 18.5 Å². The Morgan fingerprint density at radius 2 is 1.67 bits per heavy atom. The molecule has 27 heavy (non-hydrogen) atoms. The van der Waals surface area contributed by atoms with Crippen molar-refractivity contribution in [3.8, 4) is 28.3 Å². The maximum atomic E-state index is 5.64. The number of anilines is 1. The fraction of sp³-hybridized carbons (Fsp3) is 0.0952. The van der Waals surface area contributed by atoms with Gasteiger partial charge in [0, 0.05) is 30.1 Å². The van der Waals surface area contributed by atoms with E-state index in [1.54, 1.807) is 19.5 Å². The summed E-state index contributed by atoms with van der Waals surface area (Å²) in [6.07, 6.45) is 3.38. The summed E-state index contributed by atoms with van der Waals surface area (Å²) < 4.78 is 11.1. The largest absolute Gasteiger partial charge is 0.496 e. The number of nitrogens with zero attached hydrogens (tertiary/aromatic N) is 3. The topological polar surface area (TPSA) is 73.1 Å². The van der Waals surface area contributed by atoms with E-state index in [1.807, 2.05) is 36.4 Å². The van der Waals surface area contributed by atoms with Crippen LogP contribution in [0.2, 0.25) is 0 Å². The van der Waals surface area contributed by atoms with Crippen molar-refractivity contribution in [1.82, 2.24) is 15.2 Å². The second kappa shape index (κ2) is 7.70. The number of rotatable bonds is 6. The molecule has 6 nitrogen and oxygen atoms in total. The number of hydrogen-bond acceptors (Lipinski definition) is 6. The van der Waals surface area contributed by atoms with Gasteiger partial charge >= 0.3 is 6.01 Å². The summed E-state index contributed by atoms with van der Waals surface area (Å²) in [5.74, 6) is 1.32. The van der Waals surface area contributed by atoms with Gasteiger partial charge < -0.3 is 14.5 Å². The van der Waals surface area contributed by atoms with Crippen LogP contribution in [-0.4, -0.2) is 22.3 Å². The minimum absolute atomic E-state index is 0.385. The van der Waals surface area contributed by atoms with Crippen molar-refractivity contribution in [3.05, 3.63) is 78.6 Å². The summed E-state index contributed by atoms with van der Waals surface area (Å²) >= 11 is 0. The summed E-state index contributed by atoms with van der Waals surface area (Å²) in [6, 6.07) is 20.3. The van der Waals surface area contributed by atoms with Gasteiger partial charge in [0.05, 0.1) is 7.11 Å². The number of pyridine rings is 1. The lowest BCUT2D eigenvalue weighted by atomic mass is 10.0. The predicted octanol–water partition coefficient (Wildman–Crippen LogP) is 4.42. The van der Waals surface area contributed by atoms with Gasteiger partial charge in [0.1, 0.15) is 5.75 Å². The molecule has 0 saturated heterocycles. The number of aromatic nitrogens is 3. The van der Waals surface area contributed by atoms with Crippen molar-refractivity contribution in [2.45, 2.75) is 6.54 Å². The third kappa shape index (κ3) is 3.79. The lowest BCUT2D eigenvalue weighted by molar-refractivity contribution is 0.416. The predicted molar refractivity (Wildman–Crippen MR) is 103 cm³/mol. The van der Waals surface area contributed by atoms with E-state index >= 15 is 0 Å². The van der Waals surface area contributed by atoms with Gasteiger partial charge in [-0.25, -0.2) is 0 Å². The van der Waals surface area contributed by atoms with E-state index in [2.05, 4.69) is 44.8 Å². The molecule has 2 heterocycles. The molecule has 0 radical (unpaired) electrons. The van der Waals surface area contributed by atoms with Crippen LogP contribution < -0.4 is 10.1 Å². The molecular weight excluding hydrogens is 340 g/mol. The Kier molecular flexibility index (Phi) is 4.78. The number of benzene rings is 2. The second-order valence-electron chi connectivity index (χ2n) is 5.90. The van der Waals surface area contributed by atoms with E-state index in [4.69, 9.17) is 9.15 Å². The molecule has 0 fully saturated rings. The Hall–Kier alpha value is -3.67. The fourth-order valence-corrected chi connectivity index (χ4v) is 2.77. The highest BCUT2D eigenvalue weighted by Gasteiger charge is 2.08. The van der Waals surface area contributed by atoms with Crippen LogP contribution in [0.5, 0.6) is 5.75 Å². The maximum absolute atomic E-state index is 5.64. The first-order chi connectivity index (χ1) is 13.3. The summed E-state index contributed by atoms with van der Waals surface area (Å²) in [5.41, 5.74) is 4.12. The van der Waals surface area contributed by atoms with Crippen LogP contribution in [0.25, 0.3) is 22.6 Å². The highest BCUT2D eigenvalue weighted by molar-refractivity contribution is 5.70. The van der Waals surface area contributed by atoms with Crippen molar-refractivity contribution < 1.29 is 9.15 Å². The molecule has 134 valence electrons. The van der Waals surface area contributed by atoms with E-state index in [1.165, 1.54) is 0 Å². The molecule has 0 aliphatic carbocycles. The Morgan fingerprint density at radius 1 is 0.889 bits per heavy atom. The molecule has 0 bridgehead atoms. The Morgan fingerprint density at radius 3 is 2.44 bits per heavy atom. The second-order valence-corrected chi connectivity index (χ2v) is 5.90. The van der Waals surface area contributed by atoms with E-state index < -0.39 is 0 Å². The van der Waals surface area contributed by atoms with E-state index in [-0.39, 0.29) is 0 Å². The third-order valence-corrected chi connectivity index (χ3v) is 4.17. The molecule has 0 unspecified atom stereocenters.